The van der Waals surface area contributed by atoms with E-state index in [1.165, 1.54) is 57.8 Å². The number of carbonyl (C=O) groups is 4. The van der Waals surface area contributed by atoms with Crippen molar-refractivity contribution in [3.63, 3.8) is 0 Å². The number of rotatable bonds is 25. The van der Waals surface area contributed by atoms with Gasteiger partial charge in [0.1, 0.15) is 5.41 Å². The highest BCUT2D eigenvalue weighted by atomic mass is 32.2. The standard InChI is InChI=1S/C26H47NO10S/c1-2-3-4-5-6-7-8-9-10-11-12-13-14-15-16-17-18-26(25(33)34,20(24(31)32)19-21(28)29)22(23(27)30)38(35,36)37/h20,22H,2-19H2,1H3,(H2,27,30)(H,28,29)(H,31,32)(H,33,34)(H,35,36,37). The molecule has 0 saturated carbocycles. The largest absolute Gasteiger partial charge is 0.481 e. The second kappa shape index (κ2) is 18.9. The number of primary amides is 1. The highest BCUT2D eigenvalue weighted by Crippen LogP contribution is 2.43. The van der Waals surface area contributed by atoms with Gasteiger partial charge in [-0.25, -0.2) is 0 Å². The van der Waals surface area contributed by atoms with E-state index in [9.17, 15) is 42.4 Å². The van der Waals surface area contributed by atoms with Crippen LogP contribution in [0, 0.1) is 11.3 Å². The third-order valence-corrected chi connectivity index (χ3v) is 8.41. The van der Waals surface area contributed by atoms with Crippen LogP contribution in [0.3, 0.4) is 0 Å². The molecular formula is C26H47NO10S. The van der Waals surface area contributed by atoms with Crippen LogP contribution in [-0.4, -0.2) is 57.4 Å². The summed E-state index contributed by atoms with van der Waals surface area (Å²) in [5.74, 6) is -9.71. The first-order chi connectivity index (χ1) is 17.8. The maximum Gasteiger partial charge on any atom is 0.312 e. The van der Waals surface area contributed by atoms with Crippen LogP contribution in [0.4, 0.5) is 0 Å². The minimum atomic E-state index is -5.46. The molecule has 222 valence electrons. The molecule has 0 aliphatic carbocycles. The van der Waals surface area contributed by atoms with E-state index in [1.807, 2.05) is 0 Å². The average molecular weight is 566 g/mol. The van der Waals surface area contributed by atoms with E-state index in [0.29, 0.717) is 12.8 Å². The number of hydrogen-bond donors (Lipinski definition) is 5. The van der Waals surface area contributed by atoms with Crippen molar-refractivity contribution in [2.45, 2.75) is 128 Å². The molecule has 12 heteroatoms. The van der Waals surface area contributed by atoms with Crippen molar-refractivity contribution in [3.8, 4) is 0 Å². The van der Waals surface area contributed by atoms with Crippen LogP contribution in [0.5, 0.6) is 0 Å². The predicted molar refractivity (Wildman–Crippen MR) is 142 cm³/mol. The molecular weight excluding hydrogens is 518 g/mol. The number of carboxylic acids is 3. The summed E-state index contributed by atoms with van der Waals surface area (Å²) < 4.78 is 33.5. The number of unbranched alkanes of at least 4 members (excludes halogenated alkanes) is 15. The molecule has 0 spiro atoms. The van der Waals surface area contributed by atoms with Crippen LogP contribution >= 0.6 is 0 Å². The Morgan fingerprint density at radius 2 is 1.08 bits per heavy atom. The van der Waals surface area contributed by atoms with Gasteiger partial charge in [-0.2, -0.15) is 8.42 Å². The van der Waals surface area contributed by atoms with Crippen LogP contribution in [0.2, 0.25) is 0 Å². The molecule has 38 heavy (non-hydrogen) atoms. The second-order valence-corrected chi connectivity index (χ2v) is 11.7. The lowest BCUT2D eigenvalue weighted by atomic mass is 9.67. The van der Waals surface area contributed by atoms with Gasteiger partial charge < -0.3 is 21.1 Å². The summed E-state index contributed by atoms with van der Waals surface area (Å²) in [6, 6.07) is 0. The molecule has 0 aromatic heterocycles. The van der Waals surface area contributed by atoms with Crippen molar-refractivity contribution in [3.05, 3.63) is 0 Å². The summed E-state index contributed by atoms with van der Waals surface area (Å²) >= 11 is 0. The lowest BCUT2D eigenvalue weighted by Crippen LogP contribution is -2.59. The number of amides is 1. The van der Waals surface area contributed by atoms with E-state index < -0.39 is 63.4 Å². The molecule has 0 aromatic rings. The zero-order chi connectivity index (χ0) is 29.2. The van der Waals surface area contributed by atoms with Gasteiger partial charge in [-0.05, 0) is 6.42 Å². The van der Waals surface area contributed by atoms with Crippen LogP contribution in [0.1, 0.15) is 122 Å². The van der Waals surface area contributed by atoms with Gasteiger partial charge in [-0.15, -0.1) is 0 Å². The molecule has 6 N–H and O–H groups in total. The fraction of sp³-hybridized carbons (Fsp3) is 0.846. The Morgan fingerprint density at radius 3 is 1.34 bits per heavy atom. The second-order valence-electron chi connectivity index (χ2n) is 10.2. The van der Waals surface area contributed by atoms with E-state index >= 15 is 0 Å². The average Bonchev–Trinajstić information content (AvgIpc) is 2.79. The van der Waals surface area contributed by atoms with Gasteiger partial charge in [0.25, 0.3) is 10.1 Å². The normalized spacial score (nSPS) is 14.9. The Balaban J connectivity index is 4.84. The SMILES string of the molecule is CCCCCCCCCCCCCCCCCCC(C(=O)O)(C(CC(=O)O)C(=O)O)C(C(N)=O)S(=O)(=O)O. The van der Waals surface area contributed by atoms with E-state index in [1.54, 1.807) is 0 Å². The monoisotopic (exact) mass is 565 g/mol. The van der Waals surface area contributed by atoms with Crippen molar-refractivity contribution in [2.75, 3.05) is 0 Å². The van der Waals surface area contributed by atoms with Crippen molar-refractivity contribution in [1.82, 2.24) is 0 Å². The third kappa shape index (κ3) is 13.0. The van der Waals surface area contributed by atoms with Gasteiger partial charge in [0, 0.05) is 0 Å². The van der Waals surface area contributed by atoms with E-state index in [-0.39, 0.29) is 6.42 Å². The molecule has 0 saturated heterocycles. The highest BCUT2D eigenvalue weighted by molar-refractivity contribution is 7.87. The summed E-state index contributed by atoms with van der Waals surface area (Å²) in [4.78, 5) is 47.4. The number of nitrogens with two attached hydrogens (primary N) is 1. The Kier molecular flexibility index (Phi) is 17.8. The number of carbonyl (C=O) groups excluding carboxylic acids is 1. The van der Waals surface area contributed by atoms with E-state index in [2.05, 4.69) is 6.92 Å². The smallest absolute Gasteiger partial charge is 0.312 e. The first-order valence-corrected chi connectivity index (χ1v) is 15.3. The van der Waals surface area contributed by atoms with E-state index in [4.69, 9.17) is 10.8 Å². The molecule has 0 aliphatic rings. The van der Waals surface area contributed by atoms with Gasteiger partial charge in [-0.3, -0.25) is 23.7 Å². The fourth-order valence-electron chi connectivity index (χ4n) is 5.15. The molecule has 0 fully saturated rings. The summed E-state index contributed by atoms with van der Waals surface area (Å²) in [6.45, 7) is 2.21. The predicted octanol–water partition coefficient (Wildman–Crippen LogP) is 4.63. The fourth-order valence-corrected chi connectivity index (χ4v) is 6.36. The lowest BCUT2D eigenvalue weighted by molar-refractivity contribution is -0.167. The molecule has 0 rings (SSSR count). The zero-order valence-electron chi connectivity index (χ0n) is 22.6. The maximum absolute atomic E-state index is 12.3. The Hall–Kier alpha value is -2.21. The molecule has 0 heterocycles. The Labute approximate surface area is 226 Å². The van der Waals surface area contributed by atoms with Crippen LogP contribution in [0.15, 0.2) is 0 Å². The summed E-state index contributed by atoms with van der Waals surface area (Å²) in [7, 11) is -5.46. The van der Waals surface area contributed by atoms with Gasteiger partial charge in [0.15, 0.2) is 5.25 Å². The molecule has 0 aliphatic heterocycles. The number of hydrogen-bond acceptors (Lipinski definition) is 6. The molecule has 0 aromatic carbocycles. The summed E-state index contributed by atoms with van der Waals surface area (Å²) in [6.07, 6.45) is 14.6. The summed E-state index contributed by atoms with van der Waals surface area (Å²) in [5, 5.41) is 25.8. The molecule has 0 bridgehead atoms. The number of carboxylic acid groups (broad SMARTS) is 3. The summed E-state index contributed by atoms with van der Waals surface area (Å²) in [5.41, 5.74) is 2.15. The zero-order valence-corrected chi connectivity index (χ0v) is 23.4. The lowest BCUT2D eigenvalue weighted by Gasteiger charge is -2.37. The highest BCUT2D eigenvalue weighted by Gasteiger charge is 2.61. The van der Waals surface area contributed by atoms with Gasteiger partial charge in [-0.1, -0.05) is 110 Å². The minimum Gasteiger partial charge on any atom is -0.481 e. The van der Waals surface area contributed by atoms with Crippen molar-refractivity contribution in [2.24, 2.45) is 17.1 Å². The maximum atomic E-state index is 12.3. The first kappa shape index (κ1) is 35.8. The molecule has 3 atom stereocenters. The van der Waals surface area contributed by atoms with E-state index in [0.717, 1.165) is 25.7 Å². The minimum absolute atomic E-state index is 0.00720. The molecule has 1 amide bonds. The third-order valence-electron chi connectivity index (χ3n) is 7.16. The van der Waals surface area contributed by atoms with Gasteiger partial charge in [0.2, 0.25) is 5.91 Å². The van der Waals surface area contributed by atoms with Crippen LogP contribution in [0.25, 0.3) is 0 Å². The molecule has 0 radical (unpaired) electrons. The van der Waals surface area contributed by atoms with Crippen molar-refractivity contribution in [1.29, 1.82) is 0 Å². The van der Waals surface area contributed by atoms with Crippen LogP contribution < -0.4 is 5.73 Å². The number of aliphatic carboxylic acids is 3. The molecule has 11 nitrogen and oxygen atoms in total. The van der Waals surface area contributed by atoms with Crippen molar-refractivity contribution >= 4 is 33.9 Å². The Bertz CT molecular complexity index is 845. The topological polar surface area (TPSA) is 209 Å². The first-order valence-electron chi connectivity index (χ1n) is 13.8. The van der Waals surface area contributed by atoms with Crippen molar-refractivity contribution < 1.29 is 47.5 Å². The quantitative estimate of drug-likeness (QED) is 0.0765. The van der Waals surface area contributed by atoms with Gasteiger partial charge >= 0.3 is 17.9 Å². The molecule has 3 unspecified atom stereocenters. The Morgan fingerprint density at radius 1 is 0.711 bits per heavy atom. The van der Waals surface area contributed by atoms with Gasteiger partial charge in [0.05, 0.1) is 12.3 Å². The van der Waals surface area contributed by atoms with Crippen LogP contribution in [-0.2, 0) is 29.3 Å².